The summed E-state index contributed by atoms with van der Waals surface area (Å²) in [6.07, 6.45) is 1.70. The minimum absolute atomic E-state index is 0.956. The molecule has 0 fully saturated rings. The lowest BCUT2D eigenvalue weighted by atomic mass is 10.3. The van der Waals surface area contributed by atoms with Crippen molar-refractivity contribution in [1.29, 1.82) is 0 Å². The van der Waals surface area contributed by atoms with Gasteiger partial charge in [0.2, 0.25) is 0 Å². The van der Waals surface area contributed by atoms with E-state index in [2.05, 4.69) is 35.7 Å². The molecule has 0 aliphatic heterocycles. The highest BCUT2D eigenvalue weighted by molar-refractivity contribution is 7.17. The van der Waals surface area contributed by atoms with Crippen molar-refractivity contribution < 1.29 is 4.42 Å². The largest absolute Gasteiger partial charge is 0.464 e. The molecule has 0 bridgehead atoms. The second-order valence-electron chi connectivity index (χ2n) is 5.07. The van der Waals surface area contributed by atoms with Gasteiger partial charge < -0.3 is 4.42 Å². The highest BCUT2D eigenvalue weighted by Gasteiger charge is 1.89. The van der Waals surface area contributed by atoms with Crippen molar-refractivity contribution in [1.82, 2.24) is 0 Å². The second kappa shape index (κ2) is 8.70. The third-order valence-electron chi connectivity index (χ3n) is 3.39. The lowest BCUT2D eigenvalue weighted by molar-refractivity contribution is 0.616. The molecule has 2 heteroatoms. The molecule has 5 rings (SSSR count). The van der Waals surface area contributed by atoms with Crippen LogP contribution in [0.4, 0.5) is 0 Å². The highest BCUT2D eigenvalue weighted by Crippen LogP contribution is 2.18. The summed E-state index contributed by atoms with van der Waals surface area (Å²) in [4.78, 5) is 0. The fourth-order valence-electron chi connectivity index (χ4n) is 2.20. The summed E-state index contributed by atoms with van der Waals surface area (Å²) in [6, 6.07) is 32.4. The third-order valence-corrected chi connectivity index (χ3v) is 4.29. The Morgan fingerprint density at radius 1 is 0.542 bits per heavy atom. The van der Waals surface area contributed by atoms with Gasteiger partial charge in [0.15, 0.2) is 0 Å². The summed E-state index contributed by atoms with van der Waals surface area (Å²) < 4.78 is 6.49. The monoisotopic (exact) mass is 330 g/mol. The third kappa shape index (κ3) is 4.58. The van der Waals surface area contributed by atoms with E-state index in [0.717, 1.165) is 11.0 Å². The van der Waals surface area contributed by atoms with Gasteiger partial charge in [0, 0.05) is 10.1 Å². The number of fused-ring (bicyclic) bond motifs is 2. The van der Waals surface area contributed by atoms with Crippen LogP contribution >= 0.6 is 11.3 Å². The summed E-state index contributed by atoms with van der Waals surface area (Å²) in [5.74, 6) is 0. The Balaban J connectivity index is 0.000000108. The van der Waals surface area contributed by atoms with Crippen molar-refractivity contribution >= 4 is 32.4 Å². The highest BCUT2D eigenvalue weighted by atomic mass is 32.1. The molecule has 0 atom stereocenters. The van der Waals surface area contributed by atoms with Gasteiger partial charge in [-0.3, -0.25) is 0 Å². The number of hydrogen-bond donors (Lipinski definition) is 0. The molecule has 0 radical (unpaired) electrons. The van der Waals surface area contributed by atoms with Gasteiger partial charge in [-0.25, -0.2) is 0 Å². The smallest absolute Gasteiger partial charge is 0.133 e. The van der Waals surface area contributed by atoms with Crippen LogP contribution in [0.2, 0.25) is 0 Å². The number of rotatable bonds is 0. The lowest BCUT2D eigenvalue weighted by Crippen LogP contribution is -1.57. The molecule has 1 nitrogen and oxygen atoms in total. The predicted octanol–water partition coefficient (Wildman–Crippen LogP) is 7.02. The molecule has 0 aliphatic carbocycles. The molecule has 0 amide bonds. The lowest BCUT2D eigenvalue weighted by Gasteiger charge is -1.82. The maximum absolute atomic E-state index is 5.12. The van der Waals surface area contributed by atoms with Crippen molar-refractivity contribution in [3.05, 3.63) is 109 Å². The van der Waals surface area contributed by atoms with Crippen molar-refractivity contribution in [2.75, 3.05) is 0 Å². The van der Waals surface area contributed by atoms with Crippen LogP contribution in [0.1, 0.15) is 0 Å². The van der Waals surface area contributed by atoms with E-state index in [1.807, 2.05) is 66.7 Å². The maximum Gasteiger partial charge on any atom is 0.133 e. The molecule has 2 aromatic heterocycles. The van der Waals surface area contributed by atoms with Gasteiger partial charge in [0.05, 0.1) is 6.26 Å². The maximum atomic E-state index is 5.12. The van der Waals surface area contributed by atoms with Crippen LogP contribution < -0.4 is 0 Å². The normalized spacial score (nSPS) is 9.67. The zero-order chi connectivity index (χ0) is 16.5. The molecular weight excluding hydrogens is 312 g/mol. The van der Waals surface area contributed by atoms with Crippen LogP contribution in [-0.4, -0.2) is 0 Å². The van der Waals surface area contributed by atoms with E-state index in [9.17, 15) is 0 Å². The van der Waals surface area contributed by atoms with E-state index in [1.54, 1.807) is 17.6 Å². The molecule has 0 spiro atoms. The molecule has 0 unspecified atom stereocenters. The van der Waals surface area contributed by atoms with E-state index in [-0.39, 0.29) is 0 Å². The van der Waals surface area contributed by atoms with E-state index >= 15 is 0 Å². The quantitative estimate of drug-likeness (QED) is 0.297. The molecule has 0 saturated heterocycles. The predicted molar refractivity (Wildman–Crippen MR) is 104 cm³/mol. The Hall–Kier alpha value is -2.84. The number of hydrogen-bond acceptors (Lipinski definition) is 2. The summed E-state index contributed by atoms with van der Waals surface area (Å²) in [5, 5.41) is 4.63. The van der Waals surface area contributed by atoms with E-state index in [0.29, 0.717) is 0 Å². The number of furan rings is 1. The summed E-state index contributed by atoms with van der Waals surface area (Å²) in [7, 11) is 0. The van der Waals surface area contributed by atoms with E-state index in [1.165, 1.54) is 10.1 Å². The fourth-order valence-corrected chi connectivity index (χ4v) is 2.99. The Kier molecular flexibility index (Phi) is 5.81. The summed E-state index contributed by atoms with van der Waals surface area (Å²) in [6.45, 7) is 0. The van der Waals surface area contributed by atoms with Gasteiger partial charge in [-0.2, -0.15) is 0 Å². The van der Waals surface area contributed by atoms with Gasteiger partial charge in [-0.1, -0.05) is 72.8 Å². The first-order valence-corrected chi connectivity index (χ1v) is 8.66. The number of thiophene rings is 1. The standard InChI is InChI=1S/C8H6O.C8H6S.C6H6/c2*1-2-4-8-7(3-1)5-6-9-8;1-2-4-6-5-3-1/h2*1-6H;1-6H. The summed E-state index contributed by atoms with van der Waals surface area (Å²) in [5.41, 5.74) is 0.956. The van der Waals surface area contributed by atoms with Crippen molar-refractivity contribution in [2.45, 2.75) is 0 Å². The molecule has 5 aromatic rings. The van der Waals surface area contributed by atoms with Crippen LogP contribution in [0, 0.1) is 0 Å². The SMILES string of the molecule is c1ccc2occc2c1.c1ccc2sccc2c1.c1ccccc1. The first kappa shape index (κ1) is 16.0. The molecule has 24 heavy (non-hydrogen) atoms. The van der Waals surface area contributed by atoms with Crippen LogP contribution in [0.15, 0.2) is 113 Å². The zero-order valence-corrected chi connectivity index (χ0v) is 14.0. The van der Waals surface area contributed by atoms with Gasteiger partial charge >= 0.3 is 0 Å². The van der Waals surface area contributed by atoms with Crippen LogP contribution in [0.25, 0.3) is 21.1 Å². The zero-order valence-electron chi connectivity index (χ0n) is 13.2. The molecule has 0 aliphatic rings. The molecule has 118 valence electrons. The Labute approximate surface area is 145 Å². The van der Waals surface area contributed by atoms with Gasteiger partial charge in [-0.15, -0.1) is 11.3 Å². The first-order chi connectivity index (χ1) is 11.9. The molecule has 0 saturated carbocycles. The number of benzene rings is 3. The molecular formula is C22H18OS. The Morgan fingerprint density at radius 3 is 1.83 bits per heavy atom. The van der Waals surface area contributed by atoms with Crippen LogP contribution in [0.3, 0.4) is 0 Å². The Bertz CT molecular complexity index is 814. The fraction of sp³-hybridized carbons (Fsp3) is 0. The second-order valence-corrected chi connectivity index (χ2v) is 6.02. The molecule has 0 N–H and O–H groups in total. The Morgan fingerprint density at radius 2 is 1.17 bits per heavy atom. The van der Waals surface area contributed by atoms with Crippen molar-refractivity contribution in [2.24, 2.45) is 0 Å². The topological polar surface area (TPSA) is 13.1 Å². The first-order valence-electron chi connectivity index (χ1n) is 7.78. The average Bonchev–Trinajstić information content (AvgIpc) is 3.33. The molecule has 2 heterocycles. The van der Waals surface area contributed by atoms with Gasteiger partial charge in [-0.05, 0) is 35.0 Å². The molecule has 3 aromatic carbocycles. The van der Waals surface area contributed by atoms with Crippen molar-refractivity contribution in [3.8, 4) is 0 Å². The minimum atomic E-state index is 0.956. The van der Waals surface area contributed by atoms with E-state index < -0.39 is 0 Å². The van der Waals surface area contributed by atoms with Gasteiger partial charge in [0.25, 0.3) is 0 Å². The van der Waals surface area contributed by atoms with E-state index in [4.69, 9.17) is 4.42 Å². The van der Waals surface area contributed by atoms with Crippen molar-refractivity contribution in [3.63, 3.8) is 0 Å². The van der Waals surface area contributed by atoms with Gasteiger partial charge in [0.1, 0.15) is 5.58 Å². The van der Waals surface area contributed by atoms with Crippen LogP contribution in [-0.2, 0) is 0 Å². The van der Waals surface area contributed by atoms with Crippen LogP contribution in [0.5, 0.6) is 0 Å². The number of para-hydroxylation sites is 1. The average molecular weight is 330 g/mol. The minimum Gasteiger partial charge on any atom is -0.464 e. The summed E-state index contributed by atoms with van der Waals surface area (Å²) >= 11 is 1.79.